The number of thioether (sulfide) groups is 1. The Morgan fingerprint density at radius 2 is 2.10 bits per heavy atom. The van der Waals surface area contributed by atoms with Gasteiger partial charge in [0, 0.05) is 29.0 Å². The first-order valence-electron chi connectivity index (χ1n) is 6.47. The Kier molecular flexibility index (Phi) is 5.61. The largest absolute Gasteiger partial charge is 0.390 e. The van der Waals surface area contributed by atoms with Crippen LogP contribution in [0.5, 0.6) is 0 Å². The van der Waals surface area contributed by atoms with E-state index in [1.807, 2.05) is 17.5 Å². The second-order valence-corrected chi connectivity index (χ2v) is 9.12. The smallest absolute Gasteiger partial charge is 0.212 e. The molecule has 1 fully saturated rings. The molecule has 3 nitrogen and oxygen atoms in total. The molecule has 120 valence electrons. The van der Waals surface area contributed by atoms with Gasteiger partial charge in [0.1, 0.15) is 0 Å². The van der Waals surface area contributed by atoms with Crippen LogP contribution in [-0.4, -0.2) is 43.5 Å². The van der Waals surface area contributed by atoms with Crippen LogP contribution in [0.3, 0.4) is 0 Å². The quantitative estimate of drug-likeness (QED) is 0.826. The van der Waals surface area contributed by atoms with E-state index in [2.05, 4.69) is 0 Å². The Morgan fingerprint density at radius 3 is 2.71 bits per heavy atom. The van der Waals surface area contributed by atoms with Gasteiger partial charge in [-0.2, -0.15) is 24.9 Å². The monoisotopic (exact) mass is 359 g/mol. The van der Waals surface area contributed by atoms with Gasteiger partial charge in [0.05, 0.1) is 12.2 Å². The number of alkyl halides is 3. The number of halogens is 3. The van der Waals surface area contributed by atoms with E-state index in [4.69, 9.17) is 0 Å². The summed E-state index contributed by atoms with van der Waals surface area (Å²) in [5.41, 5.74) is 0. The molecule has 1 saturated heterocycles. The lowest BCUT2D eigenvalue weighted by molar-refractivity contribution is -0.130. The number of nitrogens with zero attached hydrogens (tertiary/aromatic N) is 1. The Morgan fingerprint density at radius 1 is 1.33 bits per heavy atom. The average Bonchev–Trinajstić information content (AvgIpc) is 2.80. The maximum Gasteiger partial charge on any atom is 0.390 e. The molecule has 21 heavy (non-hydrogen) atoms. The molecule has 1 aromatic rings. The molecule has 0 bridgehead atoms. The van der Waals surface area contributed by atoms with Crippen LogP contribution in [0.1, 0.15) is 23.0 Å². The molecule has 1 aromatic heterocycles. The molecule has 2 rings (SSSR count). The number of sulfonamides is 1. The van der Waals surface area contributed by atoms with Gasteiger partial charge in [-0.15, -0.1) is 11.3 Å². The molecule has 2 heterocycles. The van der Waals surface area contributed by atoms with Gasteiger partial charge in [0.2, 0.25) is 10.0 Å². The summed E-state index contributed by atoms with van der Waals surface area (Å²) in [6, 6.07) is 3.96. The van der Waals surface area contributed by atoms with E-state index in [1.54, 1.807) is 23.1 Å². The van der Waals surface area contributed by atoms with E-state index < -0.39 is 28.4 Å². The average molecular weight is 359 g/mol. The maximum absolute atomic E-state index is 12.2. The molecular formula is C12H16F3NO2S3. The van der Waals surface area contributed by atoms with Crippen LogP contribution in [0, 0.1) is 0 Å². The highest BCUT2D eigenvalue weighted by Crippen LogP contribution is 2.37. The third-order valence-corrected chi connectivity index (χ3v) is 7.52. The highest BCUT2D eigenvalue weighted by atomic mass is 32.2. The number of hydrogen-bond acceptors (Lipinski definition) is 4. The first kappa shape index (κ1) is 17.1. The van der Waals surface area contributed by atoms with Gasteiger partial charge in [-0.25, -0.2) is 12.7 Å². The van der Waals surface area contributed by atoms with Gasteiger partial charge in [-0.1, -0.05) is 6.07 Å². The summed E-state index contributed by atoms with van der Waals surface area (Å²) >= 11 is 3.29. The molecule has 1 atom stereocenters. The second kappa shape index (κ2) is 6.89. The van der Waals surface area contributed by atoms with Crippen molar-refractivity contribution in [2.75, 3.05) is 24.6 Å². The molecule has 1 aliphatic heterocycles. The Labute approximate surface area is 130 Å². The zero-order valence-corrected chi connectivity index (χ0v) is 13.6. The van der Waals surface area contributed by atoms with Gasteiger partial charge >= 0.3 is 6.18 Å². The van der Waals surface area contributed by atoms with Crippen molar-refractivity contribution in [1.82, 2.24) is 4.31 Å². The highest BCUT2D eigenvalue weighted by Gasteiger charge is 2.33. The van der Waals surface area contributed by atoms with Gasteiger partial charge in [0.15, 0.2) is 0 Å². The summed E-state index contributed by atoms with van der Waals surface area (Å²) in [4.78, 5) is 1.19. The van der Waals surface area contributed by atoms with Crippen molar-refractivity contribution < 1.29 is 21.6 Å². The fourth-order valence-electron chi connectivity index (χ4n) is 2.10. The summed E-state index contributed by atoms with van der Waals surface area (Å²) in [6.07, 6.45) is -5.09. The summed E-state index contributed by atoms with van der Waals surface area (Å²) in [5, 5.41) is 2.20. The van der Waals surface area contributed by atoms with Gasteiger partial charge < -0.3 is 0 Å². The number of thiophene rings is 1. The van der Waals surface area contributed by atoms with Crippen LogP contribution in [0.15, 0.2) is 17.5 Å². The van der Waals surface area contributed by atoms with Crippen LogP contribution in [0.2, 0.25) is 0 Å². The van der Waals surface area contributed by atoms with Crippen molar-refractivity contribution in [1.29, 1.82) is 0 Å². The first-order chi connectivity index (χ1) is 9.78. The summed E-state index contributed by atoms with van der Waals surface area (Å²) in [6.45, 7) is 0.572. The molecular weight excluding hydrogens is 343 g/mol. The first-order valence-corrected chi connectivity index (χ1v) is 10.0. The van der Waals surface area contributed by atoms with Crippen molar-refractivity contribution in [2.24, 2.45) is 0 Å². The lowest BCUT2D eigenvalue weighted by Crippen LogP contribution is -2.36. The second-order valence-electron chi connectivity index (χ2n) is 4.74. The molecule has 1 aliphatic rings. The van der Waals surface area contributed by atoms with Crippen molar-refractivity contribution in [3.63, 3.8) is 0 Å². The van der Waals surface area contributed by atoms with Crippen molar-refractivity contribution in [3.8, 4) is 0 Å². The maximum atomic E-state index is 12.2. The lowest BCUT2D eigenvalue weighted by Gasteiger charge is -2.20. The molecule has 0 radical (unpaired) electrons. The third kappa shape index (κ3) is 5.15. The molecule has 0 saturated carbocycles. The third-order valence-electron chi connectivity index (χ3n) is 3.20. The number of rotatable bonds is 4. The minimum Gasteiger partial charge on any atom is -0.212 e. The predicted octanol–water partition coefficient (Wildman–Crippen LogP) is 3.51. The SMILES string of the molecule is O=S(=O)(CCC(F)(F)F)N1CCSC(c2cccs2)CC1. The lowest BCUT2D eigenvalue weighted by atomic mass is 10.2. The summed E-state index contributed by atoms with van der Waals surface area (Å²) < 4.78 is 61.8. The van der Waals surface area contributed by atoms with E-state index in [1.165, 1.54) is 9.18 Å². The van der Waals surface area contributed by atoms with Crippen LogP contribution < -0.4 is 0 Å². The molecule has 0 amide bonds. The zero-order valence-electron chi connectivity index (χ0n) is 11.2. The van der Waals surface area contributed by atoms with E-state index in [0.717, 1.165) is 0 Å². The minimum absolute atomic E-state index is 0.229. The minimum atomic E-state index is -4.44. The summed E-state index contributed by atoms with van der Waals surface area (Å²) in [5.74, 6) is -0.251. The fraction of sp³-hybridized carbons (Fsp3) is 0.667. The van der Waals surface area contributed by atoms with E-state index in [-0.39, 0.29) is 18.3 Å². The van der Waals surface area contributed by atoms with Crippen LogP contribution in [0.25, 0.3) is 0 Å². The Bertz CT molecular complexity index is 543. The molecule has 9 heteroatoms. The topological polar surface area (TPSA) is 37.4 Å². The zero-order chi connectivity index (χ0) is 15.5. The molecule has 1 unspecified atom stereocenters. The highest BCUT2D eigenvalue weighted by molar-refractivity contribution is 7.99. The van der Waals surface area contributed by atoms with Crippen molar-refractivity contribution in [2.45, 2.75) is 24.3 Å². The molecule has 0 aromatic carbocycles. The van der Waals surface area contributed by atoms with Crippen molar-refractivity contribution >= 4 is 33.1 Å². The van der Waals surface area contributed by atoms with Gasteiger partial charge in [0.25, 0.3) is 0 Å². The predicted molar refractivity (Wildman–Crippen MR) is 80.2 cm³/mol. The van der Waals surface area contributed by atoms with E-state index in [9.17, 15) is 21.6 Å². The summed E-state index contributed by atoms with van der Waals surface area (Å²) in [7, 11) is -3.83. The molecule has 0 aliphatic carbocycles. The van der Waals surface area contributed by atoms with Crippen LogP contribution in [0.4, 0.5) is 13.2 Å². The van der Waals surface area contributed by atoms with Crippen LogP contribution in [-0.2, 0) is 10.0 Å². The van der Waals surface area contributed by atoms with Crippen LogP contribution >= 0.6 is 23.1 Å². The normalized spacial score (nSPS) is 22.1. The Hall–Kier alpha value is -0.250. The molecule has 0 N–H and O–H groups in total. The van der Waals surface area contributed by atoms with Gasteiger partial charge in [-0.3, -0.25) is 0 Å². The fourth-order valence-corrected chi connectivity index (χ4v) is 5.96. The van der Waals surface area contributed by atoms with E-state index in [0.29, 0.717) is 12.2 Å². The van der Waals surface area contributed by atoms with E-state index >= 15 is 0 Å². The Balaban J connectivity index is 1.96. The number of hydrogen-bond donors (Lipinski definition) is 0. The van der Waals surface area contributed by atoms with Crippen molar-refractivity contribution in [3.05, 3.63) is 22.4 Å². The standard InChI is InChI=1S/C12H16F3NO2S3/c13-12(14,15)4-9-21(17,18)16-5-3-11(20-8-6-16)10-2-1-7-19-10/h1-2,7,11H,3-6,8-9H2. The molecule has 0 spiro atoms. The van der Waals surface area contributed by atoms with Gasteiger partial charge in [-0.05, 0) is 17.9 Å².